The molecule has 0 amide bonds. The van der Waals surface area contributed by atoms with Crippen LogP contribution in [0.25, 0.3) is 0 Å². The van der Waals surface area contributed by atoms with Gasteiger partial charge in [0.05, 0.1) is 13.2 Å². The van der Waals surface area contributed by atoms with Crippen molar-refractivity contribution < 1.29 is 9.53 Å². The largest absolute Gasteiger partial charge is 0.496 e. The van der Waals surface area contributed by atoms with E-state index in [1.54, 1.807) is 13.2 Å². The van der Waals surface area contributed by atoms with E-state index >= 15 is 0 Å². The van der Waals surface area contributed by atoms with Gasteiger partial charge in [-0.2, -0.15) is 5.26 Å². The third kappa shape index (κ3) is 4.10. The van der Waals surface area contributed by atoms with E-state index in [0.717, 1.165) is 23.3 Å². The van der Waals surface area contributed by atoms with Crippen LogP contribution in [0.1, 0.15) is 43.7 Å². The zero-order chi connectivity index (χ0) is 14.4. The molecule has 0 spiro atoms. The van der Waals surface area contributed by atoms with Crippen LogP contribution in [0.2, 0.25) is 0 Å². The smallest absolute Gasteiger partial charge is 0.154 e. The van der Waals surface area contributed by atoms with Crippen LogP contribution in [0.5, 0.6) is 5.75 Å². The molecule has 0 N–H and O–H groups in total. The highest BCUT2D eigenvalue weighted by molar-refractivity contribution is 5.88. The third-order valence-electron chi connectivity index (χ3n) is 3.18. The fraction of sp³-hybridized carbons (Fsp3) is 0.500. The van der Waals surface area contributed by atoms with E-state index in [0.29, 0.717) is 12.3 Å². The lowest BCUT2D eigenvalue weighted by Gasteiger charge is -2.12. The second-order valence-corrected chi connectivity index (χ2v) is 5.19. The molecule has 1 aromatic rings. The number of carbonyl (C=O) groups excluding carboxylic acids is 1. The summed E-state index contributed by atoms with van der Waals surface area (Å²) in [5.41, 5.74) is 1.72. The molecule has 1 atom stereocenters. The first-order valence-corrected chi connectivity index (χ1v) is 6.56. The summed E-state index contributed by atoms with van der Waals surface area (Å²) in [6.45, 7) is 6.08. The number of hydrogen-bond acceptors (Lipinski definition) is 3. The van der Waals surface area contributed by atoms with Crippen molar-refractivity contribution in [3.8, 4) is 11.8 Å². The molecule has 0 radical (unpaired) electrons. The van der Waals surface area contributed by atoms with E-state index in [1.807, 2.05) is 19.1 Å². The zero-order valence-corrected chi connectivity index (χ0v) is 12.1. The molecule has 0 bridgehead atoms. The summed E-state index contributed by atoms with van der Waals surface area (Å²) in [4.78, 5) is 12.1. The lowest BCUT2D eigenvalue weighted by Crippen LogP contribution is -2.12. The molecular formula is C16H21NO2. The Kier molecular flexibility index (Phi) is 5.57. The van der Waals surface area contributed by atoms with Gasteiger partial charge in [0, 0.05) is 6.42 Å². The van der Waals surface area contributed by atoms with Crippen LogP contribution in [-0.4, -0.2) is 12.9 Å². The van der Waals surface area contributed by atoms with Gasteiger partial charge < -0.3 is 4.74 Å². The number of nitriles is 1. The quantitative estimate of drug-likeness (QED) is 0.784. The van der Waals surface area contributed by atoms with Crippen molar-refractivity contribution in [2.45, 2.75) is 39.5 Å². The second-order valence-electron chi connectivity index (χ2n) is 5.19. The van der Waals surface area contributed by atoms with E-state index < -0.39 is 5.92 Å². The monoisotopic (exact) mass is 259 g/mol. The number of Topliss-reactive ketones (excluding diaryl/α,β-unsaturated/α-hetero) is 1. The van der Waals surface area contributed by atoms with Gasteiger partial charge in [0.2, 0.25) is 0 Å². The molecular weight excluding hydrogens is 238 g/mol. The molecule has 3 heteroatoms. The predicted octanol–water partition coefficient (Wildman–Crippen LogP) is 3.62. The Balaban J connectivity index is 2.91. The molecule has 0 heterocycles. The summed E-state index contributed by atoms with van der Waals surface area (Å²) >= 11 is 0. The molecule has 0 saturated heterocycles. The van der Waals surface area contributed by atoms with E-state index in [4.69, 9.17) is 4.74 Å². The van der Waals surface area contributed by atoms with E-state index in [1.165, 1.54) is 0 Å². The first kappa shape index (κ1) is 15.2. The van der Waals surface area contributed by atoms with Crippen molar-refractivity contribution in [3.63, 3.8) is 0 Å². The molecule has 0 aliphatic heterocycles. The van der Waals surface area contributed by atoms with Crippen LogP contribution in [0, 0.1) is 24.2 Å². The van der Waals surface area contributed by atoms with Gasteiger partial charge in [0.25, 0.3) is 0 Å². The van der Waals surface area contributed by atoms with E-state index in [-0.39, 0.29) is 5.78 Å². The van der Waals surface area contributed by atoms with Gasteiger partial charge in [-0.25, -0.2) is 0 Å². The Hall–Kier alpha value is -1.82. The lowest BCUT2D eigenvalue weighted by molar-refractivity contribution is -0.119. The highest BCUT2D eigenvalue weighted by atomic mass is 16.5. The van der Waals surface area contributed by atoms with Crippen molar-refractivity contribution in [1.29, 1.82) is 5.26 Å². The summed E-state index contributed by atoms with van der Waals surface area (Å²) in [5, 5.41) is 9.24. The Morgan fingerprint density at radius 1 is 1.42 bits per heavy atom. The van der Waals surface area contributed by atoms with Crippen LogP contribution in [0.4, 0.5) is 0 Å². The standard InChI is InChI=1S/C16H21NO2/c1-11(2)5-8-15(18)14(10-17)13-7-6-12(3)16(9-13)19-4/h6-7,9,11,14H,5,8H2,1-4H3. The van der Waals surface area contributed by atoms with Gasteiger partial charge >= 0.3 is 0 Å². The lowest BCUT2D eigenvalue weighted by atomic mass is 9.91. The molecule has 0 aliphatic carbocycles. The summed E-state index contributed by atoms with van der Waals surface area (Å²) in [7, 11) is 1.59. The van der Waals surface area contributed by atoms with Crippen LogP contribution >= 0.6 is 0 Å². The minimum Gasteiger partial charge on any atom is -0.496 e. The zero-order valence-electron chi connectivity index (χ0n) is 12.1. The molecule has 1 unspecified atom stereocenters. The molecule has 0 fully saturated rings. The summed E-state index contributed by atoms with van der Waals surface area (Å²) in [6.07, 6.45) is 1.27. The van der Waals surface area contributed by atoms with Crippen molar-refractivity contribution in [3.05, 3.63) is 29.3 Å². The van der Waals surface area contributed by atoms with Gasteiger partial charge in [0.15, 0.2) is 5.78 Å². The molecule has 1 rings (SSSR count). The number of rotatable bonds is 6. The minimum atomic E-state index is -0.687. The van der Waals surface area contributed by atoms with Crippen molar-refractivity contribution in [2.24, 2.45) is 5.92 Å². The van der Waals surface area contributed by atoms with Crippen molar-refractivity contribution in [2.75, 3.05) is 7.11 Å². The fourth-order valence-corrected chi connectivity index (χ4v) is 1.92. The van der Waals surface area contributed by atoms with E-state index in [9.17, 15) is 10.1 Å². The second kappa shape index (κ2) is 6.94. The average molecular weight is 259 g/mol. The van der Waals surface area contributed by atoms with Crippen LogP contribution in [0.3, 0.4) is 0 Å². The number of ketones is 1. The molecule has 19 heavy (non-hydrogen) atoms. The summed E-state index contributed by atoms with van der Waals surface area (Å²) in [6, 6.07) is 7.61. The first-order chi connectivity index (χ1) is 8.99. The molecule has 0 aromatic heterocycles. The minimum absolute atomic E-state index is 0.0119. The first-order valence-electron chi connectivity index (χ1n) is 6.56. The van der Waals surface area contributed by atoms with Crippen LogP contribution in [-0.2, 0) is 4.79 Å². The Labute approximate surface area is 115 Å². The topological polar surface area (TPSA) is 50.1 Å². The van der Waals surface area contributed by atoms with E-state index in [2.05, 4.69) is 19.9 Å². The number of methoxy groups -OCH3 is 1. The Bertz CT molecular complexity index is 486. The number of carbonyl (C=O) groups is 1. The van der Waals surface area contributed by atoms with Crippen molar-refractivity contribution >= 4 is 5.78 Å². The molecule has 0 saturated carbocycles. The number of ether oxygens (including phenoxy) is 1. The van der Waals surface area contributed by atoms with Crippen molar-refractivity contribution in [1.82, 2.24) is 0 Å². The van der Waals surface area contributed by atoms with Gasteiger partial charge in [-0.05, 0) is 36.5 Å². The van der Waals surface area contributed by atoms with Gasteiger partial charge in [-0.3, -0.25) is 4.79 Å². The highest BCUT2D eigenvalue weighted by Gasteiger charge is 2.20. The maximum Gasteiger partial charge on any atom is 0.154 e. The number of benzene rings is 1. The fourth-order valence-electron chi connectivity index (χ4n) is 1.92. The number of hydrogen-bond donors (Lipinski definition) is 0. The maximum atomic E-state index is 12.1. The highest BCUT2D eigenvalue weighted by Crippen LogP contribution is 2.26. The Morgan fingerprint density at radius 3 is 2.63 bits per heavy atom. The average Bonchev–Trinajstić information content (AvgIpc) is 2.39. The maximum absolute atomic E-state index is 12.1. The van der Waals surface area contributed by atoms with Gasteiger partial charge in [-0.15, -0.1) is 0 Å². The summed E-state index contributed by atoms with van der Waals surface area (Å²) in [5.74, 6) is 0.487. The number of aryl methyl sites for hydroxylation is 1. The number of nitrogens with zero attached hydrogens (tertiary/aromatic N) is 1. The predicted molar refractivity (Wildman–Crippen MR) is 75.2 cm³/mol. The summed E-state index contributed by atoms with van der Waals surface area (Å²) < 4.78 is 5.24. The van der Waals surface area contributed by atoms with Crippen LogP contribution < -0.4 is 4.74 Å². The normalized spacial score (nSPS) is 12.0. The molecule has 1 aromatic carbocycles. The molecule has 0 aliphatic rings. The van der Waals surface area contributed by atoms with Crippen LogP contribution in [0.15, 0.2) is 18.2 Å². The Morgan fingerprint density at radius 2 is 2.11 bits per heavy atom. The third-order valence-corrected chi connectivity index (χ3v) is 3.18. The molecule has 102 valence electrons. The molecule has 3 nitrogen and oxygen atoms in total. The SMILES string of the molecule is COc1cc(C(C#N)C(=O)CCC(C)C)ccc1C. The van der Waals surface area contributed by atoms with Gasteiger partial charge in [-0.1, -0.05) is 26.0 Å². The van der Waals surface area contributed by atoms with Gasteiger partial charge in [0.1, 0.15) is 11.7 Å².